The monoisotopic (exact) mass is 440 g/mol. The van der Waals surface area contributed by atoms with Gasteiger partial charge in [0.05, 0.1) is 17.8 Å². The first-order chi connectivity index (χ1) is 15.0. The number of aliphatic hydroxyl groups excluding tert-OH is 2. The van der Waals surface area contributed by atoms with Crippen molar-refractivity contribution in [1.82, 2.24) is 0 Å². The number of hydrogen-bond donors (Lipinski definition) is 3. The molecule has 3 nitrogen and oxygen atoms in total. The molecule has 0 heterocycles. The molecule has 0 aromatic carbocycles. The van der Waals surface area contributed by atoms with Crippen LogP contribution in [0.3, 0.4) is 0 Å². The lowest BCUT2D eigenvalue weighted by molar-refractivity contribution is 0.0858. The van der Waals surface area contributed by atoms with Crippen LogP contribution < -0.4 is 0 Å². The Bertz CT molecular complexity index is 796. The Balaban J connectivity index is 1.81. The number of hydrogen-bond acceptors (Lipinski definition) is 3. The summed E-state index contributed by atoms with van der Waals surface area (Å²) in [4.78, 5) is 0. The number of fused-ring (bicyclic) bond motifs is 1. The van der Waals surface area contributed by atoms with Crippen LogP contribution in [-0.4, -0.2) is 33.1 Å². The summed E-state index contributed by atoms with van der Waals surface area (Å²) in [5, 5.41) is 30.4. The number of rotatable bonds is 6. The third-order valence-electron chi connectivity index (χ3n) is 8.54. The number of aliphatic hydroxyl groups is 3. The topological polar surface area (TPSA) is 60.7 Å². The van der Waals surface area contributed by atoms with Crippen molar-refractivity contribution in [1.29, 1.82) is 0 Å². The molecule has 3 N–H and O–H groups in total. The minimum atomic E-state index is -0.804. The predicted molar refractivity (Wildman–Crippen MR) is 133 cm³/mol. The quantitative estimate of drug-likeness (QED) is 0.451. The van der Waals surface area contributed by atoms with Crippen molar-refractivity contribution in [3.8, 4) is 0 Å². The highest BCUT2D eigenvalue weighted by molar-refractivity contribution is 5.38. The van der Waals surface area contributed by atoms with Gasteiger partial charge in [-0.05, 0) is 92.6 Å². The molecular formula is C29H44O3. The third kappa shape index (κ3) is 5.38. The lowest BCUT2D eigenvalue weighted by atomic mass is 9.59. The van der Waals surface area contributed by atoms with Crippen LogP contribution in [-0.2, 0) is 0 Å². The van der Waals surface area contributed by atoms with E-state index in [2.05, 4.69) is 45.2 Å². The van der Waals surface area contributed by atoms with Crippen LogP contribution in [0.15, 0.2) is 60.3 Å². The zero-order chi connectivity index (χ0) is 23.7. The van der Waals surface area contributed by atoms with E-state index >= 15 is 0 Å². The van der Waals surface area contributed by atoms with Gasteiger partial charge >= 0.3 is 0 Å². The van der Waals surface area contributed by atoms with Crippen molar-refractivity contribution in [2.24, 2.45) is 29.1 Å². The maximum Gasteiger partial charge on any atom is 0.0811 e. The highest BCUT2D eigenvalue weighted by atomic mass is 16.3. The summed E-state index contributed by atoms with van der Waals surface area (Å²) in [7, 11) is 0. The molecule has 0 aromatic rings. The fourth-order valence-electron chi connectivity index (χ4n) is 6.69. The van der Waals surface area contributed by atoms with Crippen LogP contribution in [0.2, 0.25) is 0 Å². The van der Waals surface area contributed by atoms with Crippen molar-refractivity contribution >= 4 is 0 Å². The van der Waals surface area contributed by atoms with Crippen molar-refractivity contribution in [3.63, 3.8) is 0 Å². The predicted octanol–water partition coefficient (Wildman–Crippen LogP) is 5.89. The van der Waals surface area contributed by atoms with Crippen LogP contribution in [0.4, 0.5) is 0 Å². The first kappa shape index (κ1) is 25.2. The van der Waals surface area contributed by atoms with Gasteiger partial charge in [-0.15, -0.1) is 6.58 Å². The summed E-state index contributed by atoms with van der Waals surface area (Å²) in [6, 6.07) is 0. The Hall–Kier alpha value is -1.42. The lowest BCUT2D eigenvalue weighted by Crippen LogP contribution is -2.37. The van der Waals surface area contributed by atoms with Gasteiger partial charge in [0.1, 0.15) is 0 Å². The molecular weight excluding hydrogens is 396 g/mol. The van der Waals surface area contributed by atoms with E-state index in [0.29, 0.717) is 30.6 Å². The van der Waals surface area contributed by atoms with Crippen LogP contribution in [0, 0.1) is 29.1 Å². The standard InChI is InChI=1S/C29H44O3/c1-7-21(14-16-28(4,5)32)19(2)25-12-13-26-22(9-8-15-29(25,26)6)10-11-23-17-24(30)18-27(31)20(23)3/h7,10-11,14,16,19,21,24-27,30-32H,1,3,8-9,12-13,15,17-18H2,2,4-6H3/t19-,21-,24-,25-,26+,27+,29-/m1/s1. The summed E-state index contributed by atoms with van der Waals surface area (Å²) in [6.45, 7) is 16.6. The summed E-state index contributed by atoms with van der Waals surface area (Å²) in [6.07, 6.45) is 16.4. The van der Waals surface area contributed by atoms with Crippen molar-refractivity contribution in [2.45, 2.75) is 90.4 Å². The summed E-state index contributed by atoms with van der Waals surface area (Å²) < 4.78 is 0. The maximum absolute atomic E-state index is 10.2. The van der Waals surface area contributed by atoms with Gasteiger partial charge in [0, 0.05) is 6.42 Å². The average molecular weight is 441 g/mol. The zero-order valence-corrected chi connectivity index (χ0v) is 20.6. The number of allylic oxidation sites excluding steroid dienone is 5. The van der Waals surface area contributed by atoms with Crippen LogP contribution in [0.1, 0.15) is 72.6 Å². The minimum Gasteiger partial charge on any atom is -0.393 e. The van der Waals surface area contributed by atoms with E-state index in [4.69, 9.17) is 0 Å². The van der Waals surface area contributed by atoms with Crippen molar-refractivity contribution < 1.29 is 15.3 Å². The molecule has 0 saturated heterocycles. The van der Waals surface area contributed by atoms with E-state index in [0.717, 1.165) is 17.6 Å². The molecule has 3 rings (SSSR count). The van der Waals surface area contributed by atoms with Gasteiger partial charge in [-0.25, -0.2) is 0 Å². The summed E-state index contributed by atoms with van der Waals surface area (Å²) in [5.41, 5.74) is 2.74. The second kappa shape index (κ2) is 9.83. The molecule has 0 unspecified atom stereocenters. The first-order valence-electron chi connectivity index (χ1n) is 12.5. The molecule has 178 valence electrons. The van der Waals surface area contributed by atoms with Gasteiger partial charge in [0.25, 0.3) is 0 Å². The molecule has 0 bridgehead atoms. The molecule has 0 amide bonds. The van der Waals surface area contributed by atoms with E-state index < -0.39 is 17.8 Å². The van der Waals surface area contributed by atoms with Crippen molar-refractivity contribution in [3.05, 3.63) is 60.3 Å². The van der Waals surface area contributed by atoms with Gasteiger partial charge in [0.2, 0.25) is 0 Å². The van der Waals surface area contributed by atoms with Gasteiger partial charge in [-0.1, -0.05) is 56.4 Å². The first-order valence-corrected chi connectivity index (χ1v) is 12.5. The molecule has 0 aliphatic heterocycles. The second-order valence-electron chi connectivity index (χ2n) is 11.3. The van der Waals surface area contributed by atoms with E-state index in [1.165, 1.54) is 31.3 Å². The molecule has 3 fully saturated rings. The van der Waals surface area contributed by atoms with Gasteiger partial charge in [-0.3, -0.25) is 0 Å². The Kier molecular flexibility index (Phi) is 7.74. The third-order valence-corrected chi connectivity index (χ3v) is 8.54. The molecule has 7 atom stereocenters. The normalized spacial score (nSPS) is 38.3. The van der Waals surface area contributed by atoms with Gasteiger partial charge in [0.15, 0.2) is 0 Å². The van der Waals surface area contributed by atoms with E-state index in [9.17, 15) is 15.3 Å². The van der Waals surface area contributed by atoms with Crippen LogP contribution >= 0.6 is 0 Å². The van der Waals surface area contributed by atoms with Crippen LogP contribution in [0.25, 0.3) is 0 Å². The highest BCUT2D eigenvalue weighted by Gasteiger charge is 2.51. The van der Waals surface area contributed by atoms with Gasteiger partial charge < -0.3 is 15.3 Å². The SMILES string of the molecule is C=C[C@H](C=CC(C)(C)O)[C@@H](C)[C@H]1CC[C@H]2C(=CC=C3C[C@@H](O)C[C@H](O)C3=C)CCC[C@]12C. The maximum atomic E-state index is 10.2. The molecule has 3 aliphatic carbocycles. The Labute approximate surface area is 195 Å². The summed E-state index contributed by atoms with van der Waals surface area (Å²) in [5.74, 6) is 1.93. The smallest absolute Gasteiger partial charge is 0.0811 e. The Morgan fingerprint density at radius 3 is 2.56 bits per heavy atom. The fourth-order valence-corrected chi connectivity index (χ4v) is 6.69. The van der Waals surface area contributed by atoms with E-state index in [-0.39, 0.29) is 11.3 Å². The fraction of sp³-hybridized carbons (Fsp3) is 0.655. The molecule has 0 aromatic heterocycles. The summed E-state index contributed by atoms with van der Waals surface area (Å²) >= 11 is 0. The largest absolute Gasteiger partial charge is 0.393 e. The van der Waals surface area contributed by atoms with E-state index in [1.54, 1.807) is 0 Å². The molecule has 0 spiro atoms. The van der Waals surface area contributed by atoms with E-state index in [1.807, 2.05) is 26.0 Å². The minimum absolute atomic E-state index is 0.256. The lowest BCUT2D eigenvalue weighted by Gasteiger charge is -2.45. The molecule has 32 heavy (non-hydrogen) atoms. The second-order valence-corrected chi connectivity index (χ2v) is 11.3. The average Bonchev–Trinajstić information content (AvgIpc) is 3.06. The Morgan fingerprint density at radius 2 is 1.91 bits per heavy atom. The Morgan fingerprint density at radius 1 is 1.19 bits per heavy atom. The molecule has 3 heteroatoms. The van der Waals surface area contributed by atoms with Crippen molar-refractivity contribution in [2.75, 3.05) is 0 Å². The molecule has 3 aliphatic rings. The highest BCUT2D eigenvalue weighted by Crippen LogP contribution is 2.60. The molecule has 0 radical (unpaired) electrons. The van der Waals surface area contributed by atoms with Gasteiger partial charge in [-0.2, -0.15) is 0 Å². The molecule has 3 saturated carbocycles. The van der Waals surface area contributed by atoms with Crippen LogP contribution in [0.5, 0.6) is 0 Å². The zero-order valence-electron chi connectivity index (χ0n) is 20.6.